The molecule has 1 amide bonds. The summed E-state index contributed by atoms with van der Waals surface area (Å²) in [5, 5.41) is 5.70. The van der Waals surface area contributed by atoms with Gasteiger partial charge in [-0.2, -0.15) is 0 Å². The van der Waals surface area contributed by atoms with Crippen LogP contribution in [0.2, 0.25) is 0 Å². The highest BCUT2D eigenvalue weighted by Crippen LogP contribution is 2.28. The highest BCUT2D eigenvalue weighted by Gasteiger charge is 2.07. The molecule has 0 unspecified atom stereocenters. The minimum atomic E-state index is -0.113. The van der Waals surface area contributed by atoms with Gasteiger partial charge in [0.05, 0.1) is 31.1 Å². The van der Waals surface area contributed by atoms with Crippen LogP contribution in [-0.2, 0) is 9.53 Å². The Kier molecular flexibility index (Phi) is 6.52. The Morgan fingerprint density at radius 1 is 1.42 bits per heavy atom. The molecule has 19 heavy (non-hydrogen) atoms. The fraction of sp³-hybridized carbons (Fsp3) is 0.462. The lowest BCUT2D eigenvalue weighted by molar-refractivity contribution is -0.119. The van der Waals surface area contributed by atoms with Crippen molar-refractivity contribution in [3.05, 3.63) is 18.2 Å². The maximum Gasteiger partial charge on any atom is 0.239 e. The van der Waals surface area contributed by atoms with Crippen LogP contribution in [-0.4, -0.2) is 39.3 Å². The molecule has 4 N–H and O–H groups in total. The number of carbonyl (C=O) groups excluding carboxylic acids is 1. The van der Waals surface area contributed by atoms with Gasteiger partial charge >= 0.3 is 0 Å². The molecule has 1 aromatic rings. The molecule has 0 spiro atoms. The molecule has 0 saturated heterocycles. The Balaban J connectivity index is 2.48. The van der Waals surface area contributed by atoms with Gasteiger partial charge in [0.15, 0.2) is 0 Å². The first-order valence-corrected chi connectivity index (χ1v) is 6.19. The molecule has 0 aliphatic carbocycles. The van der Waals surface area contributed by atoms with E-state index in [9.17, 15) is 4.79 Å². The number of ether oxygens (including phenoxy) is 2. The van der Waals surface area contributed by atoms with Gasteiger partial charge in [-0.25, -0.2) is 0 Å². The number of anilines is 2. The summed E-state index contributed by atoms with van der Waals surface area (Å²) in [5.74, 6) is 0.505. The highest BCUT2D eigenvalue weighted by atomic mass is 16.5. The minimum absolute atomic E-state index is 0.113. The summed E-state index contributed by atoms with van der Waals surface area (Å²) in [6.07, 6.45) is 0. The molecule has 1 aromatic carbocycles. The first-order valence-electron chi connectivity index (χ1n) is 6.19. The smallest absolute Gasteiger partial charge is 0.239 e. The monoisotopic (exact) mass is 267 g/mol. The van der Waals surface area contributed by atoms with Gasteiger partial charge in [0.2, 0.25) is 5.91 Å². The average molecular weight is 267 g/mol. The van der Waals surface area contributed by atoms with Crippen LogP contribution in [0, 0.1) is 0 Å². The topological polar surface area (TPSA) is 85.6 Å². The van der Waals surface area contributed by atoms with E-state index >= 15 is 0 Å². The van der Waals surface area contributed by atoms with Crippen LogP contribution in [0.4, 0.5) is 11.4 Å². The minimum Gasteiger partial charge on any atom is -0.492 e. The van der Waals surface area contributed by atoms with E-state index in [0.29, 0.717) is 36.9 Å². The summed E-state index contributed by atoms with van der Waals surface area (Å²) in [6, 6.07) is 5.43. The lowest BCUT2D eigenvalue weighted by Crippen LogP contribution is -2.32. The molecular weight excluding hydrogens is 246 g/mol. The Morgan fingerprint density at radius 2 is 2.21 bits per heavy atom. The summed E-state index contributed by atoms with van der Waals surface area (Å²) in [6.45, 7) is 3.58. The van der Waals surface area contributed by atoms with Crippen LogP contribution >= 0.6 is 0 Å². The predicted molar refractivity (Wildman–Crippen MR) is 75.4 cm³/mol. The summed E-state index contributed by atoms with van der Waals surface area (Å²) in [5.41, 5.74) is 7.13. The van der Waals surface area contributed by atoms with E-state index < -0.39 is 0 Å². The fourth-order valence-corrected chi connectivity index (χ4v) is 1.51. The third-order valence-electron chi connectivity index (χ3n) is 2.43. The van der Waals surface area contributed by atoms with Crippen LogP contribution < -0.4 is 21.1 Å². The second-order valence-electron chi connectivity index (χ2n) is 3.85. The predicted octanol–water partition coefficient (Wildman–Crippen LogP) is 0.842. The zero-order valence-corrected chi connectivity index (χ0v) is 11.4. The van der Waals surface area contributed by atoms with Crippen molar-refractivity contribution < 1.29 is 14.3 Å². The molecule has 0 heterocycles. The van der Waals surface area contributed by atoms with Crippen molar-refractivity contribution >= 4 is 17.3 Å². The molecule has 6 nitrogen and oxygen atoms in total. The van der Waals surface area contributed by atoms with Crippen LogP contribution in [0.15, 0.2) is 18.2 Å². The fourth-order valence-electron chi connectivity index (χ4n) is 1.51. The normalized spacial score (nSPS) is 10.0. The molecule has 0 saturated carbocycles. The quantitative estimate of drug-likeness (QED) is 0.480. The Labute approximate surface area is 113 Å². The Bertz CT molecular complexity index is 410. The van der Waals surface area contributed by atoms with Gasteiger partial charge in [-0.15, -0.1) is 0 Å². The molecular formula is C13H21N3O3. The van der Waals surface area contributed by atoms with Gasteiger partial charge in [-0.1, -0.05) is 6.07 Å². The SMILES string of the molecule is CCOc1cccc(NCC(=O)NCCOC)c1N. The molecule has 0 fully saturated rings. The maximum atomic E-state index is 11.5. The zero-order chi connectivity index (χ0) is 14.1. The van der Waals surface area contributed by atoms with Crippen LogP contribution in [0.5, 0.6) is 5.75 Å². The molecule has 0 bridgehead atoms. The lowest BCUT2D eigenvalue weighted by Gasteiger charge is -2.13. The van der Waals surface area contributed by atoms with E-state index in [-0.39, 0.29) is 12.5 Å². The number of carbonyl (C=O) groups is 1. The average Bonchev–Trinajstić information content (AvgIpc) is 2.40. The van der Waals surface area contributed by atoms with Crippen molar-refractivity contribution in [1.29, 1.82) is 0 Å². The molecule has 0 atom stereocenters. The van der Waals surface area contributed by atoms with Crippen LogP contribution in [0.25, 0.3) is 0 Å². The maximum absolute atomic E-state index is 11.5. The number of nitrogens with two attached hydrogens (primary N) is 1. The Hall–Kier alpha value is -1.95. The van der Waals surface area contributed by atoms with E-state index in [4.69, 9.17) is 15.2 Å². The van der Waals surface area contributed by atoms with Gasteiger partial charge in [-0.05, 0) is 19.1 Å². The van der Waals surface area contributed by atoms with Gasteiger partial charge in [-0.3, -0.25) is 4.79 Å². The van der Waals surface area contributed by atoms with Crippen molar-refractivity contribution in [2.75, 3.05) is 44.5 Å². The van der Waals surface area contributed by atoms with E-state index in [0.717, 1.165) is 0 Å². The van der Waals surface area contributed by atoms with Crippen molar-refractivity contribution in [2.45, 2.75) is 6.92 Å². The molecule has 6 heteroatoms. The van der Waals surface area contributed by atoms with Crippen molar-refractivity contribution in [3.63, 3.8) is 0 Å². The largest absolute Gasteiger partial charge is 0.492 e. The highest BCUT2D eigenvalue weighted by molar-refractivity contribution is 5.83. The summed E-state index contributed by atoms with van der Waals surface area (Å²) >= 11 is 0. The number of amides is 1. The van der Waals surface area contributed by atoms with E-state index in [2.05, 4.69) is 10.6 Å². The number of hydrogen-bond acceptors (Lipinski definition) is 5. The summed E-state index contributed by atoms with van der Waals surface area (Å²) in [7, 11) is 1.59. The summed E-state index contributed by atoms with van der Waals surface area (Å²) in [4.78, 5) is 11.5. The number of hydrogen-bond donors (Lipinski definition) is 3. The molecule has 0 aliphatic heterocycles. The van der Waals surface area contributed by atoms with Crippen LogP contribution in [0.3, 0.4) is 0 Å². The standard InChI is InChI=1S/C13H21N3O3/c1-3-19-11-6-4-5-10(13(11)14)16-9-12(17)15-7-8-18-2/h4-6,16H,3,7-9,14H2,1-2H3,(H,15,17). The first kappa shape index (κ1) is 15.1. The van der Waals surface area contributed by atoms with E-state index in [1.807, 2.05) is 13.0 Å². The third-order valence-corrected chi connectivity index (χ3v) is 2.43. The number of para-hydroxylation sites is 1. The summed E-state index contributed by atoms with van der Waals surface area (Å²) < 4.78 is 10.2. The second kappa shape index (κ2) is 8.20. The van der Waals surface area contributed by atoms with Crippen molar-refractivity contribution in [3.8, 4) is 5.75 Å². The molecule has 1 rings (SSSR count). The first-order chi connectivity index (χ1) is 9.19. The second-order valence-corrected chi connectivity index (χ2v) is 3.85. The van der Waals surface area contributed by atoms with Crippen molar-refractivity contribution in [2.24, 2.45) is 0 Å². The van der Waals surface area contributed by atoms with E-state index in [1.165, 1.54) is 0 Å². The van der Waals surface area contributed by atoms with E-state index in [1.54, 1.807) is 19.2 Å². The Morgan fingerprint density at radius 3 is 2.89 bits per heavy atom. The molecule has 106 valence electrons. The van der Waals surface area contributed by atoms with Gasteiger partial charge in [0.25, 0.3) is 0 Å². The third kappa shape index (κ3) is 5.05. The lowest BCUT2D eigenvalue weighted by atomic mass is 10.2. The molecule has 0 radical (unpaired) electrons. The number of methoxy groups -OCH3 is 1. The van der Waals surface area contributed by atoms with Crippen molar-refractivity contribution in [1.82, 2.24) is 5.32 Å². The van der Waals surface area contributed by atoms with Gasteiger partial charge < -0.3 is 25.8 Å². The van der Waals surface area contributed by atoms with Gasteiger partial charge in [0.1, 0.15) is 5.75 Å². The number of nitrogens with one attached hydrogen (secondary N) is 2. The number of rotatable bonds is 8. The van der Waals surface area contributed by atoms with Gasteiger partial charge in [0, 0.05) is 13.7 Å². The molecule has 0 aliphatic rings. The number of benzene rings is 1. The molecule has 0 aromatic heterocycles. The zero-order valence-electron chi connectivity index (χ0n) is 11.4. The number of nitrogen functional groups attached to an aromatic ring is 1. The van der Waals surface area contributed by atoms with Crippen LogP contribution in [0.1, 0.15) is 6.92 Å².